The van der Waals surface area contributed by atoms with Crippen LogP contribution in [0.15, 0.2) is 46.4 Å². The number of ether oxygens (including phenoxy) is 2. The van der Waals surface area contributed by atoms with Crippen molar-refractivity contribution in [2.45, 2.75) is 81.6 Å². The summed E-state index contributed by atoms with van der Waals surface area (Å²) in [6, 6.07) is 8.41. The van der Waals surface area contributed by atoms with Crippen molar-refractivity contribution in [3.05, 3.63) is 59.2 Å². The summed E-state index contributed by atoms with van der Waals surface area (Å²) < 4.78 is 24.7. The Balaban J connectivity index is 1.31. The molecule has 11 heteroatoms. The fourth-order valence-electron chi connectivity index (χ4n) is 5.12. The van der Waals surface area contributed by atoms with Gasteiger partial charge in [-0.05, 0) is 61.9 Å². The van der Waals surface area contributed by atoms with Gasteiger partial charge in [0.15, 0.2) is 5.84 Å². The first kappa shape index (κ1) is 28.6. The molecule has 3 atom stereocenters. The van der Waals surface area contributed by atoms with Crippen molar-refractivity contribution in [2.75, 3.05) is 6.61 Å². The average Bonchev–Trinajstić information content (AvgIpc) is 3.59. The highest BCUT2D eigenvalue weighted by Crippen LogP contribution is 2.33. The van der Waals surface area contributed by atoms with E-state index in [0.29, 0.717) is 11.3 Å². The second-order valence-electron chi connectivity index (χ2n) is 10.4. The lowest BCUT2D eigenvalue weighted by Crippen LogP contribution is -2.44. The van der Waals surface area contributed by atoms with Gasteiger partial charge in [0.25, 0.3) is 5.91 Å². The number of nitrogens with one attached hydrogen (secondary N) is 1. The molecule has 2 fully saturated rings. The smallest absolute Gasteiger partial charge is 0.307 e. The van der Waals surface area contributed by atoms with Gasteiger partial charge in [0.2, 0.25) is 0 Å². The molecule has 2 aliphatic rings. The Hall–Kier alpha value is -3.41. The van der Waals surface area contributed by atoms with Crippen LogP contribution in [-0.4, -0.2) is 53.3 Å². The molecule has 4 rings (SSSR count). The van der Waals surface area contributed by atoms with Crippen LogP contribution in [0, 0.1) is 5.82 Å². The number of H-pyrrole nitrogens is 1. The topological polar surface area (TPSA) is 171 Å². The van der Waals surface area contributed by atoms with E-state index >= 15 is 0 Å². The lowest BCUT2D eigenvalue weighted by Gasteiger charge is -2.32. The number of halogens is 1. The first-order valence-corrected chi connectivity index (χ1v) is 13.4. The highest BCUT2D eigenvalue weighted by Gasteiger charge is 2.32. The molecule has 1 aliphatic heterocycles. The third kappa shape index (κ3) is 8.04. The number of nitrogens with two attached hydrogens (primary N) is 3. The highest BCUT2D eigenvalue weighted by molar-refractivity contribution is 6.07. The zero-order valence-corrected chi connectivity index (χ0v) is 22.0. The van der Waals surface area contributed by atoms with E-state index in [1.807, 2.05) is 6.07 Å². The summed E-state index contributed by atoms with van der Waals surface area (Å²) in [5.41, 5.74) is 19.4. The quantitative estimate of drug-likeness (QED) is 0.215. The van der Waals surface area contributed by atoms with Gasteiger partial charge in [-0.2, -0.15) is 4.99 Å². The second-order valence-corrected chi connectivity index (χ2v) is 10.4. The third-order valence-electron chi connectivity index (χ3n) is 7.28. The zero-order chi connectivity index (χ0) is 27.8. The summed E-state index contributed by atoms with van der Waals surface area (Å²) in [6.07, 6.45) is 7.47. The normalized spacial score (nSPS) is 22.2. The van der Waals surface area contributed by atoms with E-state index < -0.39 is 17.5 Å². The molecule has 1 saturated heterocycles. The number of nitrogens with zero attached hydrogens (tertiary/aromatic N) is 2. The molecule has 10 nitrogen and oxygen atoms in total. The summed E-state index contributed by atoms with van der Waals surface area (Å²) in [5, 5.41) is 0. The first-order valence-electron chi connectivity index (χ1n) is 13.4. The van der Waals surface area contributed by atoms with Crippen LogP contribution >= 0.6 is 0 Å². The summed E-state index contributed by atoms with van der Waals surface area (Å²) in [5.74, 6) is -1.14. The van der Waals surface area contributed by atoms with E-state index in [1.165, 1.54) is 18.6 Å². The maximum absolute atomic E-state index is 13.1. The lowest BCUT2D eigenvalue weighted by atomic mass is 9.80. The minimum Gasteiger partial charge on any atom is -0.463 e. The number of hydrogen-bond donors (Lipinski definition) is 4. The molecule has 2 heterocycles. The van der Waals surface area contributed by atoms with Crippen molar-refractivity contribution < 1.29 is 23.5 Å². The molecule has 3 unspecified atom stereocenters. The second kappa shape index (κ2) is 13.1. The molecular weight excluding hydrogens is 503 g/mol. The van der Waals surface area contributed by atoms with E-state index in [0.717, 1.165) is 50.6 Å². The van der Waals surface area contributed by atoms with Crippen LogP contribution in [0.1, 0.15) is 74.4 Å². The summed E-state index contributed by atoms with van der Waals surface area (Å²) in [4.78, 5) is 36.3. The minimum absolute atomic E-state index is 0.0882. The lowest BCUT2D eigenvalue weighted by molar-refractivity contribution is -0.149. The van der Waals surface area contributed by atoms with Crippen molar-refractivity contribution in [2.24, 2.45) is 27.2 Å². The van der Waals surface area contributed by atoms with Crippen LogP contribution in [0.5, 0.6) is 0 Å². The minimum atomic E-state index is -0.929. The SMILES string of the molecule is NC=NC(=NC(=O)C(N)Cc1ccc(F)cc1)c1ccc(C2CCC(COC(=O)CC3(N)CCCCC3)O2)[nH]1. The Morgan fingerprint density at radius 3 is 2.62 bits per heavy atom. The standard InChI is InChI=1S/C28H37FN6O4/c29-19-6-4-18(5-7-19)14-21(31)27(37)35-26(33-17-30)23-10-9-22(34-23)24-11-8-20(39-24)16-38-25(36)15-28(32)12-2-1-3-13-28/h4-7,9-10,17,20-21,24,34H,1-3,8,11-16,31-32H2,(H2,30,33,35,37). The monoisotopic (exact) mass is 540 g/mol. The number of aromatic amines is 1. The van der Waals surface area contributed by atoms with Gasteiger partial charge in [0, 0.05) is 11.2 Å². The number of hydrogen-bond acceptors (Lipinski definition) is 6. The number of aromatic nitrogens is 1. The predicted octanol–water partition coefficient (Wildman–Crippen LogP) is 2.80. The maximum Gasteiger partial charge on any atom is 0.307 e. The molecule has 2 aromatic rings. The number of rotatable bonds is 9. The van der Waals surface area contributed by atoms with Crippen molar-refractivity contribution in [3.8, 4) is 0 Å². The molecule has 210 valence electrons. The van der Waals surface area contributed by atoms with Gasteiger partial charge in [-0.1, -0.05) is 31.4 Å². The highest BCUT2D eigenvalue weighted by atomic mass is 19.1. The fraction of sp³-hybridized carbons (Fsp3) is 0.500. The molecule has 1 amide bonds. The molecule has 0 bridgehead atoms. The number of amidine groups is 1. The zero-order valence-electron chi connectivity index (χ0n) is 22.0. The number of aliphatic imine (C=N–C) groups is 2. The maximum atomic E-state index is 13.1. The summed E-state index contributed by atoms with van der Waals surface area (Å²) in [7, 11) is 0. The molecule has 1 aromatic heterocycles. The fourth-order valence-corrected chi connectivity index (χ4v) is 5.12. The Morgan fingerprint density at radius 1 is 1.15 bits per heavy atom. The van der Waals surface area contributed by atoms with Gasteiger partial charge in [-0.25, -0.2) is 9.38 Å². The molecule has 0 spiro atoms. The van der Waals surface area contributed by atoms with Gasteiger partial charge in [0.05, 0.1) is 36.7 Å². The summed E-state index contributed by atoms with van der Waals surface area (Å²) in [6.45, 7) is 0.184. The van der Waals surface area contributed by atoms with Crippen molar-refractivity contribution in [1.82, 2.24) is 4.98 Å². The molecule has 7 N–H and O–H groups in total. The van der Waals surface area contributed by atoms with E-state index in [2.05, 4.69) is 15.0 Å². The molecule has 0 radical (unpaired) electrons. The van der Waals surface area contributed by atoms with Crippen LogP contribution in [-0.2, 0) is 25.5 Å². The number of amides is 1. The van der Waals surface area contributed by atoms with Gasteiger partial charge in [-0.15, -0.1) is 0 Å². The van der Waals surface area contributed by atoms with E-state index in [4.69, 9.17) is 26.7 Å². The molecule has 1 aliphatic carbocycles. The molecule has 39 heavy (non-hydrogen) atoms. The van der Waals surface area contributed by atoms with Gasteiger partial charge in [-0.3, -0.25) is 9.59 Å². The Bertz CT molecular complexity index is 1190. The van der Waals surface area contributed by atoms with Gasteiger partial charge >= 0.3 is 5.97 Å². The van der Waals surface area contributed by atoms with Crippen LogP contribution in [0.4, 0.5) is 4.39 Å². The first-order chi connectivity index (χ1) is 18.7. The Kier molecular flexibility index (Phi) is 9.60. The number of benzene rings is 1. The van der Waals surface area contributed by atoms with Crippen LogP contribution in [0.2, 0.25) is 0 Å². The van der Waals surface area contributed by atoms with Gasteiger partial charge in [0.1, 0.15) is 12.4 Å². The Morgan fingerprint density at radius 2 is 1.90 bits per heavy atom. The molecule has 1 aromatic carbocycles. The summed E-state index contributed by atoms with van der Waals surface area (Å²) >= 11 is 0. The van der Waals surface area contributed by atoms with Crippen LogP contribution in [0.25, 0.3) is 0 Å². The molecule has 1 saturated carbocycles. The van der Waals surface area contributed by atoms with E-state index in [-0.39, 0.29) is 49.3 Å². The van der Waals surface area contributed by atoms with Crippen molar-refractivity contribution in [1.29, 1.82) is 0 Å². The average molecular weight is 541 g/mol. The van der Waals surface area contributed by atoms with Crippen LogP contribution < -0.4 is 17.2 Å². The van der Waals surface area contributed by atoms with Crippen molar-refractivity contribution in [3.63, 3.8) is 0 Å². The van der Waals surface area contributed by atoms with Crippen molar-refractivity contribution >= 4 is 24.1 Å². The van der Waals surface area contributed by atoms with Crippen LogP contribution in [0.3, 0.4) is 0 Å². The largest absolute Gasteiger partial charge is 0.463 e. The van der Waals surface area contributed by atoms with E-state index in [9.17, 15) is 14.0 Å². The number of esters is 1. The number of carbonyl (C=O) groups is 2. The number of carbonyl (C=O) groups excluding carboxylic acids is 2. The van der Waals surface area contributed by atoms with Gasteiger partial charge < -0.3 is 31.7 Å². The predicted molar refractivity (Wildman–Crippen MR) is 146 cm³/mol. The van der Waals surface area contributed by atoms with E-state index in [1.54, 1.807) is 18.2 Å². The Labute approximate surface area is 227 Å². The molecular formula is C28H37FN6O4. The third-order valence-corrected chi connectivity index (χ3v) is 7.28.